The van der Waals surface area contributed by atoms with Gasteiger partial charge in [0.15, 0.2) is 11.8 Å². The van der Waals surface area contributed by atoms with E-state index in [1.54, 1.807) is 27.7 Å². The van der Waals surface area contributed by atoms with Gasteiger partial charge in [0.1, 0.15) is 0 Å². The van der Waals surface area contributed by atoms with E-state index in [4.69, 9.17) is 29.4 Å². The van der Waals surface area contributed by atoms with Crippen LogP contribution in [0.2, 0.25) is 0 Å². The molecular weight excluding hydrogens is 879 g/mol. The van der Waals surface area contributed by atoms with E-state index in [9.17, 15) is 20.1 Å². The SMILES string of the molecule is CC(C)OC(=O)C(C#N)[C@@H]1c2nc(c(-c3ccccc3)c3ccc([n-]3)c(-c3ccccc3)c3nc(c(-c4ccccc4)c4ccc([n-]4)c2-c2ccccc2)C=C3)[C@H]1C(C#N)C(=O)OC(C)C.[Ni+2]. The van der Waals surface area contributed by atoms with Gasteiger partial charge in [0.2, 0.25) is 0 Å². The molecule has 0 saturated carbocycles. The molecule has 5 heterocycles. The van der Waals surface area contributed by atoms with E-state index in [1.165, 1.54) is 0 Å². The molecule has 4 atom stereocenters. The maximum Gasteiger partial charge on any atom is 2.00 e. The number of esters is 2. The molecule has 0 radical (unpaired) electrons. The summed E-state index contributed by atoms with van der Waals surface area (Å²) in [5, 5.41) is 22.4. The summed E-state index contributed by atoms with van der Waals surface area (Å²) in [6.07, 6.45) is 2.84. The van der Waals surface area contributed by atoms with Crippen LogP contribution in [-0.2, 0) is 35.6 Å². The molecule has 2 aliphatic rings. The van der Waals surface area contributed by atoms with Crippen molar-refractivity contribution in [2.24, 2.45) is 11.8 Å². The number of hydrogen-bond donors (Lipinski definition) is 0. The molecule has 67 heavy (non-hydrogen) atoms. The van der Waals surface area contributed by atoms with Crippen LogP contribution in [0.1, 0.15) is 62.3 Å². The molecule has 9 rings (SSSR count). The Morgan fingerprint density at radius 3 is 1.07 bits per heavy atom. The van der Waals surface area contributed by atoms with Crippen molar-refractivity contribution in [1.29, 1.82) is 10.5 Å². The Balaban J connectivity index is 0.00000608. The number of ether oxygens (including phenoxy) is 2. The second-order valence-corrected chi connectivity index (χ2v) is 16.7. The standard InChI is InChI=1S/C56H44N6O4.Ni/c1-33(2)65-55(63)39(31-57)51-52(40(32-58)56(64)66-34(3)4)54-50(38-23-15-8-16-24-38)46-30-28-44(61-46)48(36-19-11-6-12-20-36)42-26-25-41(59-42)47(35-17-9-5-10-18-35)43-27-29-45(60-43)49(53(51)62-54)37-21-13-7-14-22-37;/h5-30,33-34,39-40,51-52H,1-4H3;/q-2;+2/t39?,40?,51-,52-;/m0./s1. The molecule has 10 nitrogen and oxygen atoms in total. The summed E-state index contributed by atoms with van der Waals surface area (Å²) >= 11 is 0. The predicted molar refractivity (Wildman–Crippen MR) is 256 cm³/mol. The van der Waals surface area contributed by atoms with Crippen LogP contribution in [0.4, 0.5) is 0 Å². The van der Waals surface area contributed by atoms with Crippen molar-refractivity contribution in [2.45, 2.75) is 51.7 Å². The van der Waals surface area contributed by atoms with Gasteiger partial charge in [0.25, 0.3) is 0 Å². The van der Waals surface area contributed by atoms with Gasteiger partial charge < -0.3 is 19.4 Å². The van der Waals surface area contributed by atoms with Crippen LogP contribution in [0.5, 0.6) is 0 Å². The van der Waals surface area contributed by atoms with Crippen LogP contribution in [0.15, 0.2) is 146 Å². The molecular formula is C56H44N6NiO4. The van der Waals surface area contributed by atoms with Crippen molar-refractivity contribution >= 4 is 46.2 Å². The molecule has 0 aliphatic carbocycles. The number of aromatic nitrogens is 4. The van der Waals surface area contributed by atoms with Crippen molar-refractivity contribution in [2.75, 3.05) is 0 Å². The van der Waals surface area contributed by atoms with Crippen molar-refractivity contribution in [3.63, 3.8) is 0 Å². The van der Waals surface area contributed by atoms with Gasteiger partial charge in [-0.1, -0.05) is 146 Å². The average molecular weight is 924 g/mol. The van der Waals surface area contributed by atoms with E-state index in [-0.39, 0.29) is 27.9 Å². The van der Waals surface area contributed by atoms with Crippen molar-refractivity contribution in [3.05, 3.63) is 168 Å². The molecule has 7 aromatic rings. The van der Waals surface area contributed by atoms with E-state index in [0.29, 0.717) is 55.7 Å². The van der Waals surface area contributed by atoms with Gasteiger partial charge in [0, 0.05) is 11.8 Å². The first-order chi connectivity index (χ1) is 32.1. The fourth-order valence-electron chi connectivity index (χ4n) is 9.01. The second kappa shape index (κ2) is 19.7. The minimum absolute atomic E-state index is 0. The Morgan fingerprint density at radius 2 is 0.776 bits per heavy atom. The zero-order valence-electron chi connectivity index (χ0n) is 37.1. The number of fused-ring (bicyclic) bond motifs is 8. The molecule has 3 aromatic heterocycles. The quantitative estimate of drug-likeness (QED) is 0.0956. The first-order valence-electron chi connectivity index (χ1n) is 21.9. The van der Waals surface area contributed by atoms with Gasteiger partial charge in [-0.15, -0.1) is 22.1 Å². The molecule has 8 bridgehead atoms. The largest absolute Gasteiger partial charge is 2.00 e. The van der Waals surface area contributed by atoms with Crippen molar-refractivity contribution in [1.82, 2.24) is 19.9 Å². The van der Waals surface area contributed by atoms with Crippen molar-refractivity contribution < 1.29 is 35.6 Å². The van der Waals surface area contributed by atoms with E-state index in [1.807, 2.05) is 158 Å². The topological polar surface area (TPSA) is 154 Å². The Hall–Kier alpha value is -7.85. The Labute approximate surface area is 398 Å². The van der Waals surface area contributed by atoms with Crippen molar-refractivity contribution in [3.8, 4) is 56.6 Å². The maximum absolute atomic E-state index is 14.4. The van der Waals surface area contributed by atoms with E-state index in [0.717, 1.165) is 22.3 Å². The van der Waals surface area contributed by atoms with E-state index >= 15 is 0 Å². The zero-order chi connectivity index (χ0) is 45.9. The third-order valence-corrected chi connectivity index (χ3v) is 11.7. The van der Waals surface area contributed by atoms with Gasteiger partial charge in [-0.3, -0.25) is 14.6 Å². The monoisotopic (exact) mass is 922 g/mol. The number of carbonyl (C=O) groups excluding carboxylic acids is 2. The van der Waals surface area contributed by atoms with E-state index in [2.05, 4.69) is 12.1 Å². The summed E-state index contributed by atoms with van der Waals surface area (Å²) in [5.41, 5.74) is 9.92. The minimum Gasteiger partial charge on any atom is -0.657 e. The van der Waals surface area contributed by atoms with Crippen LogP contribution >= 0.6 is 0 Å². The molecule has 4 aromatic carbocycles. The first kappa shape index (κ1) is 45.7. The smallest absolute Gasteiger partial charge is 0.657 e. The fourth-order valence-corrected chi connectivity index (χ4v) is 9.01. The summed E-state index contributed by atoms with van der Waals surface area (Å²) in [6.45, 7) is 6.83. The van der Waals surface area contributed by atoms with E-state index < -0.39 is 47.8 Å². The maximum atomic E-state index is 14.4. The second-order valence-electron chi connectivity index (χ2n) is 16.7. The average Bonchev–Trinajstić information content (AvgIpc) is 4.16. The molecule has 2 unspecified atom stereocenters. The third kappa shape index (κ3) is 8.95. The van der Waals surface area contributed by atoms with Crippen LogP contribution in [0.25, 0.3) is 78.7 Å². The number of hydrogen-bond acceptors (Lipinski definition) is 8. The molecule has 0 spiro atoms. The molecule has 0 amide bonds. The number of nitriles is 2. The number of benzene rings is 4. The fraction of sp³-hybridized carbons (Fsp3) is 0.179. The van der Waals surface area contributed by atoms with Gasteiger partial charge in [-0.2, -0.15) is 10.5 Å². The molecule has 0 saturated heterocycles. The van der Waals surface area contributed by atoms with Gasteiger partial charge in [0.05, 0.1) is 47.1 Å². The summed E-state index contributed by atoms with van der Waals surface area (Å²) in [7, 11) is 0. The van der Waals surface area contributed by atoms with Gasteiger partial charge in [-0.25, -0.2) is 4.98 Å². The molecule has 2 aliphatic heterocycles. The Bertz CT molecular complexity index is 3030. The van der Waals surface area contributed by atoms with Crippen LogP contribution in [0.3, 0.4) is 0 Å². The summed E-state index contributed by atoms with van der Waals surface area (Å²) in [4.78, 5) is 50.4. The number of nitrogens with zero attached hydrogens (tertiary/aromatic N) is 6. The normalized spacial score (nSPS) is 14.9. The minimum atomic E-state index is -1.54. The number of rotatable bonds is 10. The Kier molecular flexibility index (Phi) is 13.5. The zero-order valence-corrected chi connectivity index (χ0v) is 38.1. The molecule has 0 fully saturated rings. The predicted octanol–water partition coefficient (Wildman–Crippen LogP) is 11.5. The molecule has 0 N–H and O–H groups in total. The number of carbonyl (C=O) groups is 2. The van der Waals surface area contributed by atoms with Crippen LogP contribution in [0, 0.1) is 34.5 Å². The Morgan fingerprint density at radius 1 is 0.478 bits per heavy atom. The summed E-state index contributed by atoms with van der Waals surface area (Å²) in [5.74, 6) is -7.14. The first-order valence-corrected chi connectivity index (χ1v) is 21.9. The molecule has 11 heteroatoms. The van der Waals surface area contributed by atoms with Gasteiger partial charge >= 0.3 is 28.4 Å². The van der Waals surface area contributed by atoms with Crippen LogP contribution in [-0.4, -0.2) is 34.1 Å². The third-order valence-electron chi connectivity index (χ3n) is 11.7. The summed E-state index contributed by atoms with van der Waals surface area (Å²) < 4.78 is 11.6. The summed E-state index contributed by atoms with van der Waals surface area (Å²) in [6, 6.07) is 51.0. The van der Waals surface area contributed by atoms with Crippen LogP contribution < -0.4 is 9.97 Å². The van der Waals surface area contributed by atoms with Gasteiger partial charge in [-0.05, 0) is 84.4 Å². The molecule has 332 valence electrons.